The van der Waals surface area contributed by atoms with Crippen LogP contribution in [0.15, 0.2) is 0 Å². The first-order valence-electron chi connectivity index (χ1n) is 4.73. The molecule has 0 aromatic heterocycles. The van der Waals surface area contributed by atoms with E-state index in [0.717, 1.165) is 6.42 Å². The number of methoxy groups -OCH3 is 1. The fourth-order valence-electron chi connectivity index (χ4n) is 0.812. The molecule has 0 spiro atoms. The zero-order chi connectivity index (χ0) is 10.6. The van der Waals surface area contributed by atoms with Crippen LogP contribution in [0.2, 0.25) is 0 Å². The molecule has 0 aliphatic heterocycles. The fourth-order valence-corrected chi connectivity index (χ4v) is 0.812. The van der Waals surface area contributed by atoms with E-state index in [4.69, 9.17) is 19.9 Å². The summed E-state index contributed by atoms with van der Waals surface area (Å²) >= 11 is 0. The minimum absolute atomic E-state index is 0.268. The monoisotopic (exact) mass is 205 g/mol. The molecule has 5 nitrogen and oxygen atoms in total. The topological polar surface area (TPSA) is 70.8 Å². The van der Waals surface area contributed by atoms with Crippen LogP contribution in [-0.2, 0) is 19.0 Å². The van der Waals surface area contributed by atoms with Crippen molar-refractivity contribution in [2.45, 2.75) is 12.8 Å². The molecule has 0 atom stereocenters. The summed E-state index contributed by atoms with van der Waals surface area (Å²) in [4.78, 5) is 10.8. The van der Waals surface area contributed by atoms with E-state index in [1.807, 2.05) is 0 Å². The number of hydrogen-bond acceptors (Lipinski definition) is 5. The van der Waals surface area contributed by atoms with Crippen molar-refractivity contribution in [2.24, 2.45) is 5.73 Å². The average molecular weight is 205 g/mol. The summed E-state index contributed by atoms with van der Waals surface area (Å²) in [6.07, 6.45) is 1.12. The Bertz CT molecular complexity index is 141. The van der Waals surface area contributed by atoms with E-state index in [1.165, 1.54) is 0 Å². The molecule has 0 saturated carbocycles. The predicted molar refractivity (Wildman–Crippen MR) is 51.9 cm³/mol. The molecular formula is C9H19NO4. The smallest absolute Gasteiger partial charge is 0.307 e. The highest BCUT2D eigenvalue weighted by atomic mass is 16.6. The Balaban J connectivity index is 3.01. The third-order valence-electron chi connectivity index (χ3n) is 1.48. The Kier molecular flexibility index (Phi) is 9.95. The van der Waals surface area contributed by atoms with Gasteiger partial charge < -0.3 is 19.9 Å². The van der Waals surface area contributed by atoms with Crippen molar-refractivity contribution in [1.29, 1.82) is 0 Å². The molecule has 84 valence electrons. The largest absolute Gasteiger partial charge is 0.463 e. The molecule has 0 aromatic rings. The number of nitrogens with two attached hydrogens (primary N) is 1. The molecule has 0 fully saturated rings. The van der Waals surface area contributed by atoms with Gasteiger partial charge in [-0.15, -0.1) is 0 Å². The van der Waals surface area contributed by atoms with Crippen molar-refractivity contribution in [3.63, 3.8) is 0 Å². The summed E-state index contributed by atoms with van der Waals surface area (Å²) in [5.74, 6) is -0.270. The molecule has 0 heterocycles. The second-order valence-corrected chi connectivity index (χ2v) is 2.72. The summed E-state index contributed by atoms with van der Waals surface area (Å²) in [6.45, 7) is 2.37. The van der Waals surface area contributed by atoms with Gasteiger partial charge in [-0.25, -0.2) is 0 Å². The van der Waals surface area contributed by atoms with Crippen LogP contribution in [0.1, 0.15) is 12.8 Å². The van der Waals surface area contributed by atoms with Crippen LogP contribution >= 0.6 is 0 Å². The van der Waals surface area contributed by atoms with Gasteiger partial charge in [-0.05, 0) is 6.42 Å². The maximum Gasteiger partial charge on any atom is 0.307 e. The molecule has 0 radical (unpaired) electrons. The first-order chi connectivity index (χ1) is 6.81. The number of carbonyl (C=O) groups excluding carboxylic acids is 1. The van der Waals surface area contributed by atoms with Crippen molar-refractivity contribution in [3.05, 3.63) is 0 Å². The van der Waals surface area contributed by atoms with Gasteiger partial charge in [0.2, 0.25) is 0 Å². The van der Waals surface area contributed by atoms with Crippen LogP contribution in [0.4, 0.5) is 0 Å². The van der Waals surface area contributed by atoms with Crippen LogP contribution < -0.4 is 5.73 Å². The quantitative estimate of drug-likeness (QED) is 0.421. The van der Waals surface area contributed by atoms with Gasteiger partial charge in [0, 0.05) is 26.9 Å². The fraction of sp³-hybridized carbons (Fsp3) is 0.889. The highest BCUT2D eigenvalue weighted by molar-refractivity contribution is 5.69. The van der Waals surface area contributed by atoms with Crippen molar-refractivity contribution < 1.29 is 19.0 Å². The summed E-state index contributed by atoms with van der Waals surface area (Å²) in [7, 11) is 1.65. The zero-order valence-electron chi connectivity index (χ0n) is 8.66. The maximum absolute atomic E-state index is 10.8. The Morgan fingerprint density at radius 1 is 1.21 bits per heavy atom. The van der Waals surface area contributed by atoms with Gasteiger partial charge in [0.15, 0.2) is 0 Å². The number of hydrogen-bond donors (Lipinski definition) is 1. The van der Waals surface area contributed by atoms with Gasteiger partial charge in [0.25, 0.3) is 0 Å². The van der Waals surface area contributed by atoms with Crippen LogP contribution in [0.3, 0.4) is 0 Å². The van der Waals surface area contributed by atoms with E-state index in [-0.39, 0.29) is 12.4 Å². The lowest BCUT2D eigenvalue weighted by Crippen LogP contribution is -2.14. The van der Waals surface area contributed by atoms with E-state index >= 15 is 0 Å². The molecule has 5 heteroatoms. The summed E-state index contributed by atoms with van der Waals surface area (Å²) in [5.41, 5.74) is 5.17. The Morgan fingerprint density at radius 3 is 2.64 bits per heavy atom. The second-order valence-electron chi connectivity index (χ2n) is 2.72. The molecule has 0 amide bonds. The van der Waals surface area contributed by atoms with Gasteiger partial charge in [-0.1, -0.05) is 0 Å². The average Bonchev–Trinajstić information content (AvgIpc) is 2.17. The van der Waals surface area contributed by atoms with E-state index in [1.54, 1.807) is 7.11 Å². The van der Waals surface area contributed by atoms with Crippen molar-refractivity contribution in [2.75, 3.05) is 40.1 Å². The molecule has 0 aromatic carbocycles. The number of rotatable bonds is 9. The lowest BCUT2D eigenvalue weighted by molar-refractivity contribution is -0.144. The molecule has 0 unspecified atom stereocenters. The zero-order valence-corrected chi connectivity index (χ0v) is 8.66. The van der Waals surface area contributed by atoms with Crippen LogP contribution in [0, 0.1) is 0 Å². The lowest BCUT2D eigenvalue weighted by atomic mass is 10.4. The molecular weight excluding hydrogens is 186 g/mol. The lowest BCUT2D eigenvalue weighted by Gasteiger charge is -2.05. The van der Waals surface area contributed by atoms with E-state index < -0.39 is 0 Å². The molecule has 0 bridgehead atoms. The van der Waals surface area contributed by atoms with Crippen molar-refractivity contribution in [1.82, 2.24) is 0 Å². The van der Waals surface area contributed by atoms with Gasteiger partial charge in [0.1, 0.15) is 6.61 Å². The Morgan fingerprint density at radius 2 is 2.00 bits per heavy atom. The highest BCUT2D eigenvalue weighted by Crippen LogP contribution is 1.87. The third-order valence-corrected chi connectivity index (χ3v) is 1.48. The number of ether oxygens (including phenoxy) is 3. The van der Waals surface area contributed by atoms with Crippen LogP contribution in [0.5, 0.6) is 0 Å². The SMILES string of the molecule is COCCCOCCOC(=O)CCN. The van der Waals surface area contributed by atoms with Crippen molar-refractivity contribution >= 4 is 5.97 Å². The van der Waals surface area contributed by atoms with E-state index in [9.17, 15) is 4.79 Å². The molecule has 14 heavy (non-hydrogen) atoms. The van der Waals surface area contributed by atoms with E-state index in [0.29, 0.717) is 33.0 Å². The standard InChI is InChI=1S/C9H19NO4/c1-12-5-2-6-13-7-8-14-9(11)3-4-10/h2-8,10H2,1H3. The third kappa shape index (κ3) is 9.44. The summed E-state index contributed by atoms with van der Waals surface area (Å²) in [6, 6.07) is 0. The van der Waals surface area contributed by atoms with Gasteiger partial charge >= 0.3 is 5.97 Å². The molecule has 0 rings (SSSR count). The molecule has 0 aliphatic rings. The Labute approximate surface area is 84.5 Å². The van der Waals surface area contributed by atoms with Gasteiger partial charge in [-0.2, -0.15) is 0 Å². The van der Waals surface area contributed by atoms with Gasteiger partial charge in [0.05, 0.1) is 13.0 Å². The van der Waals surface area contributed by atoms with Gasteiger partial charge in [-0.3, -0.25) is 4.79 Å². The Hall–Kier alpha value is -0.650. The minimum Gasteiger partial charge on any atom is -0.463 e. The minimum atomic E-state index is -0.270. The maximum atomic E-state index is 10.8. The van der Waals surface area contributed by atoms with Crippen molar-refractivity contribution in [3.8, 4) is 0 Å². The predicted octanol–water partition coefficient (Wildman–Crippen LogP) is -0.0685. The number of esters is 1. The highest BCUT2D eigenvalue weighted by Gasteiger charge is 1.99. The summed E-state index contributed by atoms with van der Waals surface area (Å²) < 4.78 is 14.8. The normalized spacial score (nSPS) is 10.1. The summed E-state index contributed by atoms with van der Waals surface area (Å²) in [5, 5.41) is 0. The van der Waals surface area contributed by atoms with Crippen LogP contribution in [-0.4, -0.2) is 46.1 Å². The second kappa shape index (κ2) is 10.4. The first-order valence-corrected chi connectivity index (χ1v) is 4.73. The number of carbonyl (C=O) groups is 1. The molecule has 0 saturated heterocycles. The first kappa shape index (κ1) is 13.4. The molecule has 0 aliphatic carbocycles. The molecule has 2 N–H and O–H groups in total. The van der Waals surface area contributed by atoms with Crippen LogP contribution in [0.25, 0.3) is 0 Å². The van der Waals surface area contributed by atoms with E-state index in [2.05, 4.69) is 0 Å².